The number of para-hydroxylation sites is 1. The van der Waals surface area contributed by atoms with E-state index in [9.17, 15) is 9.59 Å². The lowest BCUT2D eigenvalue weighted by atomic mass is 10.2. The van der Waals surface area contributed by atoms with E-state index < -0.39 is 6.04 Å². The number of nitrogens with zero attached hydrogens (tertiary/aromatic N) is 4. The lowest BCUT2D eigenvalue weighted by Crippen LogP contribution is -2.37. The zero-order valence-corrected chi connectivity index (χ0v) is 18.1. The topological polar surface area (TPSA) is 72.2 Å². The highest BCUT2D eigenvalue weighted by atomic mass is 16.2. The molecule has 7 nitrogen and oxygen atoms in total. The van der Waals surface area contributed by atoms with Gasteiger partial charge in [-0.05, 0) is 25.6 Å². The van der Waals surface area contributed by atoms with Crippen molar-refractivity contribution in [3.8, 4) is 0 Å². The number of hydrogen-bond donors (Lipinski definition) is 1. The lowest BCUT2D eigenvalue weighted by molar-refractivity contribution is -0.123. The summed E-state index contributed by atoms with van der Waals surface area (Å²) in [6.07, 6.45) is 1.69. The van der Waals surface area contributed by atoms with Crippen molar-refractivity contribution in [1.29, 1.82) is 0 Å². The molecule has 0 spiro atoms. The number of rotatable bonds is 7. The zero-order valence-electron chi connectivity index (χ0n) is 18.1. The molecule has 160 valence electrons. The van der Waals surface area contributed by atoms with Gasteiger partial charge in [-0.25, -0.2) is 4.68 Å². The fourth-order valence-electron chi connectivity index (χ4n) is 4.00. The van der Waals surface area contributed by atoms with Crippen LogP contribution in [-0.2, 0) is 18.4 Å². The van der Waals surface area contributed by atoms with Gasteiger partial charge in [0.1, 0.15) is 11.6 Å². The second-order valence-corrected chi connectivity index (χ2v) is 7.91. The van der Waals surface area contributed by atoms with Crippen molar-refractivity contribution in [3.05, 3.63) is 76.7 Å². The summed E-state index contributed by atoms with van der Waals surface area (Å²) in [7, 11) is 3.66. The Morgan fingerprint density at radius 1 is 1.10 bits per heavy atom. The maximum absolute atomic E-state index is 13.0. The Morgan fingerprint density at radius 2 is 1.81 bits per heavy atom. The molecule has 1 atom stereocenters. The van der Waals surface area contributed by atoms with Crippen LogP contribution in [0, 0.1) is 0 Å². The van der Waals surface area contributed by atoms with Gasteiger partial charge >= 0.3 is 0 Å². The number of fused-ring (bicyclic) bond motifs is 3. The van der Waals surface area contributed by atoms with Gasteiger partial charge in [-0.2, -0.15) is 5.10 Å². The monoisotopic (exact) mass is 417 g/mol. The summed E-state index contributed by atoms with van der Waals surface area (Å²) in [5.74, 6) is -0.116. The van der Waals surface area contributed by atoms with Crippen LogP contribution < -0.4 is 10.9 Å². The Morgan fingerprint density at radius 3 is 2.58 bits per heavy atom. The number of amides is 1. The van der Waals surface area contributed by atoms with E-state index in [2.05, 4.69) is 27.4 Å². The first kappa shape index (κ1) is 20.8. The van der Waals surface area contributed by atoms with Gasteiger partial charge in [-0.15, -0.1) is 0 Å². The number of nitrogens with one attached hydrogen (secondary N) is 1. The smallest absolute Gasteiger partial charge is 0.291 e. The van der Waals surface area contributed by atoms with Crippen LogP contribution in [0.3, 0.4) is 0 Å². The molecule has 4 rings (SSSR count). The molecule has 31 heavy (non-hydrogen) atoms. The molecule has 7 heteroatoms. The SMILES string of the molecule is CC(C(=O)NCCN(C)Cc1ccccc1)n1c2ccccc2c2cnn(C)c(=O)c21. The second kappa shape index (κ2) is 8.73. The average molecular weight is 418 g/mol. The predicted octanol–water partition coefficient (Wildman–Crippen LogP) is 2.70. The molecular weight excluding hydrogens is 390 g/mol. The molecule has 1 amide bonds. The van der Waals surface area contributed by atoms with E-state index in [4.69, 9.17) is 0 Å². The van der Waals surface area contributed by atoms with Crippen LogP contribution in [0.1, 0.15) is 18.5 Å². The molecule has 0 aliphatic heterocycles. The second-order valence-electron chi connectivity index (χ2n) is 7.91. The molecule has 1 unspecified atom stereocenters. The molecule has 0 saturated heterocycles. The van der Waals surface area contributed by atoms with Gasteiger partial charge in [-0.3, -0.25) is 9.59 Å². The first-order chi connectivity index (χ1) is 15.0. The summed E-state index contributed by atoms with van der Waals surface area (Å²) < 4.78 is 3.14. The number of carbonyl (C=O) groups excluding carboxylic acids is 1. The molecule has 2 aromatic heterocycles. The third-order valence-corrected chi connectivity index (χ3v) is 5.66. The third kappa shape index (κ3) is 4.09. The van der Waals surface area contributed by atoms with E-state index in [0.29, 0.717) is 12.1 Å². The fourth-order valence-corrected chi connectivity index (χ4v) is 4.00. The van der Waals surface area contributed by atoms with Crippen molar-refractivity contribution < 1.29 is 4.79 Å². The van der Waals surface area contributed by atoms with Crippen LogP contribution >= 0.6 is 0 Å². The number of likely N-dealkylation sites (N-methyl/N-ethyl adjacent to an activating group) is 1. The van der Waals surface area contributed by atoms with Gasteiger partial charge in [0.05, 0.1) is 11.7 Å². The van der Waals surface area contributed by atoms with Crippen LogP contribution in [0.2, 0.25) is 0 Å². The van der Waals surface area contributed by atoms with Gasteiger partial charge in [0.15, 0.2) is 0 Å². The molecular formula is C24H27N5O2. The van der Waals surface area contributed by atoms with Crippen molar-refractivity contribution in [2.75, 3.05) is 20.1 Å². The van der Waals surface area contributed by atoms with E-state index in [1.54, 1.807) is 13.2 Å². The molecule has 0 saturated carbocycles. The Hall–Kier alpha value is -3.45. The molecule has 0 aliphatic rings. The minimum atomic E-state index is -0.531. The summed E-state index contributed by atoms with van der Waals surface area (Å²) >= 11 is 0. The van der Waals surface area contributed by atoms with E-state index in [-0.39, 0.29) is 11.5 Å². The van der Waals surface area contributed by atoms with Gasteiger partial charge in [0, 0.05) is 37.5 Å². The normalized spacial score (nSPS) is 12.5. The zero-order chi connectivity index (χ0) is 22.0. The van der Waals surface area contributed by atoms with Crippen molar-refractivity contribution in [1.82, 2.24) is 24.6 Å². The van der Waals surface area contributed by atoms with E-state index in [1.807, 2.05) is 61.0 Å². The van der Waals surface area contributed by atoms with Crippen molar-refractivity contribution >= 4 is 27.7 Å². The van der Waals surface area contributed by atoms with Crippen molar-refractivity contribution in [2.45, 2.75) is 19.5 Å². The summed E-state index contributed by atoms with van der Waals surface area (Å²) in [5, 5.41) is 8.87. The van der Waals surface area contributed by atoms with E-state index in [1.165, 1.54) is 10.2 Å². The third-order valence-electron chi connectivity index (χ3n) is 5.66. The highest BCUT2D eigenvalue weighted by Gasteiger charge is 2.23. The van der Waals surface area contributed by atoms with Gasteiger partial charge in [0.2, 0.25) is 5.91 Å². The molecule has 0 fully saturated rings. The molecule has 1 N–H and O–H groups in total. The van der Waals surface area contributed by atoms with Crippen LogP contribution in [0.4, 0.5) is 0 Å². The Bertz CT molecular complexity index is 1280. The summed E-state index contributed by atoms with van der Waals surface area (Å²) in [5.41, 5.74) is 2.38. The summed E-state index contributed by atoms with van der Waals surface area (Å²) in [6, 6.07) is 17.4. The first-order valence-corrected chi connectivity index (χ1v) is 10.4. The molecule has 2 heterocycles. The summed E-state index contributed by atoms with van der Waals surface area (Å²) in [6.45, 7) is 3.91. The quantitative estimate of drug-likeness (QED) is 0.502. The number of hydrogen-bond acceptors (Lipinski definition) is 4. The van der Waals surface area contributed by atoms with Crippen LogP contribution in [0.5, 0.6) is 0 Å². The Kier molecular flexibility index (Phi) is 5.86. The maximum Gasteiger partial charge on any atom is 0.291 e. The lowest BCUT2D eigenvalue weighted by Gasteiger charge is -2.19. The minimum absolute atomic E-state index is 0.116. The highest BCUT2D eigenvalue weighted by molar-refractivity contribution is 6.08. The number of aromatic nitrogens is 3. The molecule has 2 aromatic carbocycles. The Balaban J connectivity index is 1.52. The van der Waals surface area contributed by atoms with Crippen LogP contribution in [0.25, 0.3) is 21.8 Å². The number of carbonyl (C=O) groups is 1. The number of benzene rings is 2. The Labute approximate surface area is 180 Å². The van der Waals surface area contributed by atoms with E-state index in [0.717, 1.165) is 29.4 Å². The van der Waals surface area contributed by atoms with Crippen molar-refractivity contribution in [3.63, 3.8) is 0 Å². The van der Waals surface area contributed by atoms with E-state index >= 15 is 0 Å². The van der Waals surface area contributed by atoms with Crippen molar-refractivity contribution in [2.24, 2.45) is 7.05 Å². The average Bonchev–Trinajstić information content (AvgIpc) is 3.11. The fraction of sp³-hybridized carbons (Fsp3) is 0.292. The summed E-state index contributed by atoms with van der Waals surface area (Å²) in [4.78, 5) is 28.0. The van der Waals surface area contributed by atoms with Gasteiger partial charge < -0.3 is 14.8 Å². The first-order valence-electron chi connectivity index (χ1n) is 10.4. The van der Waals surface area contributed by atoms with Crippen LogP contribution in [-0.4, -0.2) is 45.3 Å². The van der Waals surface area contributed by atoms with Gasteiger partial charge in [0.25, 0.3) is 5.56 Å². The van der Waals surface area contributed by atoms with Crippen LogP contribution in [0.15, 0.2) is 65.6 Å². The van der Waals surface area contributed by atoms with Gasteiger partial charge in [-0.1, -0.05) is 48.5 Å². The molecule has 0 bridgehead atoms. The largest absolute Gasteiger partial charge is 0.353 e. The predicted molar refractivity (Wildman–Crippen MR) is 123 cm³/mol. The molecule has 0 aliphatic carbocycles. The number of aryl methyl sites for hydroxylation is 1. The highest BCUT2D eigenvalue weighted by Crippen LogP contribution is 2.29. The standard InChI is InChI=1S/C24H27N5O2/c1-17(23(30)25-13-14-27(2)16-18-9-5-4-6-10-18)29-21-12-8-7-11-19(21)20-15-26-28(3)24(31)22(20)29/h4-12,15,17H,13-14,16H2,1-3H3,(H,25,30). The molecule has 0 radical (unpaired) electrons. The minimum Gasteiger partial charge on any atom is -0.353 e. The molecule has 4 aromatic rings. The maximum atomic E-state index is 13.0.